The molecule has 8 heteroatoms. The zero-order valence-electron chi connectivity index (χ0n) is 20.2. The molecule has 0 amide bonds. The molecule has 7 nitrogen and oxygen atoms in total. The molecule has 2 aromatic rings. The summed E-state index contributed by atoms with van der Waals surface area (Å²) in [7, 11) is 8.87. The summed E-state index contributed by atoms with van der Waals surface area (Å²) < 4.78 is 21.9. The second-order valence-corrected chi connectivity index (χ2v) is 8.06. The molecule has 1 aliphatic rings. The lowest BCUT2D eigenvalue weighted by Gasteiger charge is -2.39. The van der Waals surface area contributed by atoms with E-state index in [0.29, 0.717) is 6.54 Å². The fraction of sp³-hybridized carbons (Fsp3) is 0.480. The van der Waals surface area contributed by atoms with Gasteiger partial charge >= 0.3 is 0 Å². The van der Waals surface area contributed by atoms with Crippen LogP contribution in [-0.4, -0.2) is 66.0 Å². The summed E-state index contributed by atoms with van der Waals surface area (Å²) in [6.45, 7) is 2.95. The molecule has 0 bridgehead atoms. The lowest BCUT2D eigenvalue weighted by Crippen LogP contribution is -2.48. The normalized spacial score (nSPS) is 15.2. The van der Waals surface area contributed by atoms with Crippen LogP contribution in [-0.2, 0) is 16.7 Å². The number of methoxy groups -OCH3 is 3. The third kappa shape index (κ3) is 6.66. The predicted molar refractivity (Wildman–Crippen MR) is 143 cm³/mol. The smallest absolute Gasteiger partial charge is 0.193 e. The van der Waals surface area contributed by atoms with E-state index in [2.05, 4.69) is 27.3 Å². The molecule has 0 aromatic heterocycles. The Kier molecular flexibility index (Phi) is 10.6. The highest BCUT2D eigenvalue weighted by Crippen LogP contribution is 2.35. The summed E-state index contributed by atoms with van der Waals surface area (Å²) >= 11 is 0. The Hall–Kier alpha value is -2.20. The molecule has 0 spiro atoms. The molecule has 3 rings (SSSR count). The minimum Gasteiger partial charge on any atom is -0.497 e. The number of hydrogen-bond donors (Lipinski definition) is 1. The van der Waals surface area contributed by atoms with Crippen LogP contribution in [0.2, 0.25) is 0 Å². The number of nitrogens with one attached hydrogen (secondary N) is 1. The molecule has 0 saturated carbocycles. The van der Waals surface area contributed by atoms with Gasteiger partial charge in [0.2, 0.25) is 0 Å². The third-order valence-corrected chi connectivity index (χ3v) is 6.21. The van der Waals surface area contributed by atoms with Gasteiger partial charge in [0.25, 0.3) is 0 Å². The van der Waals surface area contributed by atoms with Gasteiger partial charge in [0.05, 0.1) is 21.3 Å². The van der Waals surface area contributed by atoms with Crippen LogP contribution >= 0.6 is 24.0 Å². The van der Waals surface area contributed by atoms with Gasteiger partial charge in [-0.2, -0.15) is 0 Å². The molecule has 182 valence electrons. The minimum atomic E-state index is -0.0148. The average Bonchev–Trinajstić information content (AvgIpc) is 2.85. The zero-order valence-corrected chi connectivity index (χ0v) is 22.6. The number of hydrogen-bond acceptors (Lipinski definition) is 5. The summed E-state index contributed by atoms with van der Waals surface area (Å²) in [6.07, 6.45) is 1.92. The maximum atomic E-state index is 5.68. The van der Waals surface area contributed by atoms with Gasteiger partial charge in [-0.1, -0.05) is 12.1 Å². The number of ether oxygens (including phenoxy) is 4. The molecule has 1 saturated heterocycles. The first-order valence-electron chi connectivity index (χ1n) is 10.9. The Balaban J connectivity index is 0.00000385. The van der Waals surface area contributed by atoms with Crippen LogP contribution in [0.5, 0.6) is 17.2 Å². The number of guanidine groups is 1. The second kappa shape index (κ2) is 12.9. The molecule has 1 aliphatic heterocycles. The fourth-order valence-corrected chi connectivity index (χ4v) is 4.22. The van der Waals surface area contributed by atoms with Crippen molar-refractivity contribution in [1.29, 1.82) is 0 Å². The molecule has 33 heavy (non-hydrogen) atoms. The quantitative estimate of drug-likeness (QED) is 0.294. The van der Waals surface area contributed by atoms with E-state index in [9.17, 15) is 0 Å². The zero-order chi connectivity index (χ0) is 23.0. The van der Waals surface area contributed by atoms with Gasteiger partial charge < -0.3 is 29.2 Å². The second-order valence-electron chi connectivity index (χ2n) is 8.06. The highest BCUT2D eigenvalue weighted by molar-refractivity contribution is 14.0. The van der Waals surface area contributed by atoms with Crippen molar-refractivity contribution in [3.8, 4) is 17.2 Å². The molecule has 1 N–H and O–H groups in total. The van der Waals surface area contributed by atoms with Crippen LogP contribution in [0.1, 0.15) is 24.0 Å². The SMILES string of the molecule is CN=C(NCC1(c2ccc(OC)cc2)CCOCC1)N(C)Cc1ccc(OC)cc1OC.I. The molecular formula is C25H36IN3O4. The van der Waals surface area contributed by atoms with Crippen molar-refractivity contribution in [3.63, 3.8) is 0 Å². The predicted octanol–water partition coefficient (Wildman–Crippen LogP) is 4.09. The summed E-state index contributed by atoms with van der Waals surface area (Å²) in [5.74, 6) is 3.28. The number of halogens is 1. The Bertz CT molecular complexity index is 899. The minimum absolute atomic E-state index is 0. The van der Waals surface area contributed by atoms with E-state index >= 15 is 0 Å². The van der Waals surface area contributed by atoms with Gasteiger partial charge in [-0.25, -0.2) is 0 Å². The van der Waals surface area contributed by atoms with Gasteiger partial charge in [-0.3, -0.25) is 4.99 Å². The number of nitrogens with zero attached hydrogens (tertiary/aromatic N) is 2. The Morgan fingerprint density at radius 3 is 2.21 bits per heavy atom. The Morgan fingerprint density at radius 1 is 1.00 bits per heavy atom. The van der Waals surface area contributed by atoms with Crippen molar-refractivity contribution in [2.75, 3.05) is 55.2 Å². The first-order valence-corrected chi connectivity index (χ1v) is 10.9. The van der Waals surface area contributed by atoms with Gasteiger partial charge in [0, 0.05) is 57.4 Å². The number of rotatable bonds is 8. The van der Waals surface area contributed by atoms with Gasteiger partial charge in [-0.15, -0.1) is 24.0 Å². The summed E-state index contributed by atoms with van der Waals surface area (Å²) in [4.78, 5) is 6.63. The highest BCUT2D eigenvalue weighted by atomic mass is 127. The number of aliphatic imine (C=N–C) groups is 1. The summed E-state index contributed by atoms with van der Waals surface area (Å²) in [5.41, 5.74) is 2.35. The molecule has 0 radical (unpaired) electrons. The van der Waals surface area contributed by atoms with E-state index in [1.165, 1.54) is 5.56 Å². The largest absolute Gasteiger partial charge is 0.497 e. The molecule has 1 fully saturated rings. The van der Waals surface area contributed by atoms with Gasteiger partial charge in [0.15, 0.2) is 5.96 Å². The molecule has 1 heterocycles. The molecule has 2 aromatic carbocycles. The van der Waals surface area contributed by atoms with Crippen LogP contribution < -0.4 is 19.5 Å². The molecule has 0 unspecified atom stereocenters. The van der Waals surface area contributed by atoms with Crippen LogP contribution in [0.3, 0.4) is 0 Å². The van der Waals surface area contributed by atoms with Gasteiger partial charge in [0.1, 0.15) is 17.2 Å². The third-order valence-electron chi connectivity index (χ3n) is 6.21. The van der Waals surface area contributed by atoms with Crippen molar-refractivity contribution in [1.82, 2.24) is 10.2 Å². The van der Waals surface area contributed by atoms with Gasteiger partial charge in [-0.05, 0) is 42.7 Å². The van der Waals surface area contributed by atoms with Crippen LogP contribution in [0, 0.1) is 0 Å². The number of benzene rings is 2. The maximum Gasteiger partial charge on any atom is 0.193 e. The van der Waals surface area contributed by atoms with E-state index in [4.69, 9.17) is 18.9 Å². The molecule has 0 aliphatic carbocycles. The first-order chi connectivity index (χ1) is 15.5. The maximum absolute atomic E-state index is 5.68. The van der Waals surface area contributed by atoms with Crippen molar-refractivity contribution in [2.45, 2.75) is 24.8 Å². The highest BCUT2D eigenvalue weighted by Gasteiger charge is 2.35. The standard InChI is InChI=1S/C25H35N3O4.HI/c1-26-24(28(2)17-19-6-9-22(30-4)16-23(19)31-5)27-18-25(12-14-32-15-13-25)20-7-10-21(29-3)11-8-20;/h6-11,16H,12-15,17-18H2,1-5H3,(H,26,27);1H. The Morgan fingerprint density at radius 2 is 1.64 bits per heavy atom. The lowest BCUT2D eigenvalue weighted by atomic mass is 9.74. The van der Waals surface area contributed by atoms with Crippen molar-refractivity contribution < 1.29 is 18.9 Å². The monoisotopic (exact) mass is 569 g/mol. The first kappa shape index (κ1) is 27.0. The van der Waals surface area contributed by atoms with E-state index in [1.54, 1.807) is 21.3 Å². The summed E-state index contributed by atoms with van der Waals surface area (Å²) in [6, 6.07) is 14.3. The van der Waals surface area contributed by atoms with Crippen molar-refractivity contribution in [2.24, 2.45) is 4.99 Å². The lowest BCUT2D eigenvalue weighted by molar-refractivity contribution is 0.0512. The van der Waals surface area contributed by atoms with Crippen LogP contribution in [0.4, 0.5) is 0 Å². The van der Waals surface area contributed by atoms with E-state index in [0.717, 1.165) is 61.4 Å². The Labute approximate surface area is 214 Å². The average molecular weight is 569 g/mol. The van der Waals surface area contributed by atoms with Crippen LogP contribution in [0.15, 0.2) is 47.5 Å². The van der Waals surface area contributed by atoms with E-state index in [-0.39, 0.29) is 29.4 Å². The van der Waals surface area contributed by atoms with Crippen molar-refractivity contribution in [3.05, 3.63) is 53.6 Å². The molecule has 0 atom stereocenters. The van der Waals surface area contributed by atoms with E-state index in [1.807, 2.05) is 44.4 Å². The van der Waals surface area contributed by atoms with Crippen molar-refractivity contribution >= 4 is 29.9 Å². The van der Waals surface area contributed by atoms with E-state index < -0.39 is 0 Å². The topological polar surface area (TPSA) is 64.6 Å². The summed E-state index contributed by atoms with van der Waals surface area (Å²) in [5, 5.41) is 3.61. The van der Waals surface area contributed by atoms with Crippen LogP contribution in [0.25, 0.3) is 0 Å². The fourth-order valence-electron chi connectivity index (χ4n) is 4.22. The molecular weight excluding hydrogens is 533 g/mol.